The van der Waals surface area contributed by atoms with Crippen LogP contribution in [0.2, 0.25) is 5.02 Å². The summed E-state index contributed by atoms with van der Waals surface area (Å²) in [6.07, 6.45) is 0.801. The van der Waals surface area contributed by atoms with E-state index in [4.69, 9.17) is 20.8 Å². The van der Waals surface area contributed by atoms with Gasteiger partial charge in [0.05, 0.1) is 17.1 Å². The number of nitrogens with zero attached hydrogens (tertiary/aromatic N) is 3. The molecule has 0 aliphatic heterocycles. The van der Waals surface area contributed by atoms with Gasteiger partial charge >= 0.3 is 0 Å². The zero-order chi connectivity index (χ0) is 22.4. The lowest BCUT2D eigenvalue weighted by Crippen LogP contribution is -2.35. The summed E-state index contributed by atoms with van der Waals surface area (Å²) in [6.45, 7) is 9.09. The molecule has 0 saturated carbocycles. The standard InChI is InChI=1S/C24H28ClN3O3/c1-5-14-28(15-21-26-27-23(31-21)17-10-6-8-12-19(17)25)22(29)16-30-20-13-9-7-11-18(20)24(2,3)4/h6-13H,5,14-16H2,1-4H3. The molecule has 3 aromatic rings. The molecule has 0 aliphatic carbocycles. The normalized spacial score (nSPS) is 11.4. The lowest BCUT2D eigenvalue weighted by atomic mass is 9.86. The summed E-state index contributed by atoms with van der Waals surface area (Å²) < 4.78 is 11.7. The van der Waals surface area contributed by atoms with E-state index in [1.807, 2.05) is 49.4 Å². The van der Waals surface area contributed by atoms with Crippen LogP contribution < -0.4 is 4.74 Å². The number of hydrogen-bond donors (Lipinski definition) is 0. The topological polar surface area (TPSA) is 68.5 Å². The third kappa shape index (κ3) is 5.85. The minimum Gasteiger partial charge on any atom is -0.483 e. The number of rotatable bonds is 8. The predicted octanol–water partition coefficient (Wildman–Crippen LogP) is 5.51. The summed E-state index contributed by atoms with van der Waals surface area (Å²) in [7, 11) is 0. The van der Waals surface area contributed by atoms with Crippen LogP contribution in [0, 0.1) is 0 Å². The van der Waals surface area contributed by atoms with Crippen LogP contribution in [0.1, 0.15) is 45.6 Å². The van der Waals surface area contributed by atoms with Gasteiger partial charge in [-0.1, -0.05) is 69.6 Å². The van der Waals surface area contributed by atoms with E-state index >= 15 is 0 Å². The molecule has 0 radical (unpaired) electrons. The van der Waals surface area contributed by atoms with Crippen molar-refractivity contribution in [3.05, 3.63) is 65.0 Å². The lowest BCUT2D eigenvalue weighted by Gasteiger charge is -2.24. The molecule has 1 aromatic heterocycles. The molecule has 0 N–H and O–H groups in total. The van der Waals surface area contributed by atoms with Crippen LogP contribution in [0.15, 0.2) is 52.9 Å². The first-order valence-electron chi connectivity index (χ1n) is 10.4. The molecule has 31 heavy (non-hydrogen) atoms. The van der Waals surface area contributed by atoms with E-state index in [9.17, 15) is 4.79 Å². The van der Waals surface area contributed by atoms with Crippen LogP contribution in [-0.4, -0.2) is 34.2 Å². The minimum absolute atomic E-state index is 0.0569. The minimum atomic E-state index is -0.136. The second kappa shape index (κ2) is 9.96. The van der Waals surface area contributed by atoms with Crippen molar-refractivity contribution in [3.8, 4) is 17.2 Å². The van der Waals surface area contributed by atoms with Gasteiger partial charge in [-0.25, -0.2) is 0 Å². The first-order chi connectivity index (χ1) is 14.8. The molecule has 0 aliphatic rings. The Kier molecular flexibility index (Phi) is 7.33. The van der Waals surface area contributed by atoms with E-state index < -0.39 is 0 Å². The van der Waals surface area contributed by atoms with E-state index in [2.05, 4.69) is 31.0 Å². The number of benzene rings is 2. The van der Waals surface area contributed by atoms with Crippen molar-refractivity contribution in [3.63, 3.8) is 0 Å². The van der Waals surface area contributed by atoms with Crippen LogP contribution in [0.5, 0.6) is 5.75 Å². The molecular formula is C24H28ClN3O3. The summed E-state index contributed by atoms with van der Waals surface area (Å²) >= 11 is 6.21. The second-order valence-electron chi connectivity index (χ2n) is 8.33. The zero-order valence-electron chi connectivity index (χ0n) is 18.4. The summed E-state index contributed by atoms with van der Waals surface area (Å²) in [6, 6.07) is 15.1. The average molecular weight is 442 g/mol. The van der Waals surface area contributed by atoms with E-state index in [0.717, 1.165) is 17.7 Å². The molecule has 3 rings (SSSR count). The molecule has 1 amide bonds. The maximum Gasteiger partial charge on any atom is 0.260 e. The molecule has 1 heterocycles. The molecule has 0 fully saturated rings. The monoisotopic (exact) mass is 441 g/mol. The maximum atomic E-state index is 12.9. The molecule has 7 heteroatoms. The smallest absolute Gasteiger partial charge is 0.260 e. The number of hydrogen-bond acceptors (Lipinski definition) is 5. The second-order valence-corrected chi connectivity index (χ2v) is 8.74. The Bertz CT molecular complexity index is 1030. The first kappa shape index (κ1) is 22.8. The van der Waals surface area contributed by atoms with Gasteiger partial charge in [-0.3, -0.25) is 4.79 Å². The Hall–Kier alpha value is -2.86. The fourth-order valence-corrected chi connectivity index (χ4v) is 3.45. The largest absolute Gasteiger partial charge is 0.483 e. The van der Waals surface area contributed by atoms with Crippen LogP contribution in [0.3, 0.4) is 0 Å². The molecule has 0 spiro atoms. The fraction of sp³-hybridized carbons (Fsp3) is 0.375. The van der Waals surface area contributed by atoms with Gasteiger partial charge in [-0.15, -0.1) is 10.2 Å². The maximum absolute atomic E-state index is 12.9. The van der Waals surface area contributed by atoms with Crippen molar-refractivity contribution < 1.29 is 13.9 Å². The number of para-hydroxylation sites is 1. The number of carbonyl (C=O) groups is 1. The van der Waals surface area contributed by atoms with Crippen molar-refractivity contribution in [1.82, 2.24) is 15.1 Å². The van der Waals surface area contributed by atoms with Crippen LogP contribution in [-0.2, 0) is 16.8 Å². The van der Waals surface area contributed by atoms with Crippen LogP contribution >= 0.6 is 11.6 Å². The third-order valence-corrected chi connectivity index (χ3v) is 5.12. The number of carbonyl (C=O) groups excluding carboxylic acids is 1. The Morgan fingerprint density at radius 1 is 1.10 bits per heavy atom. The van der Waals surface area contributed by atoms with Gasteiger partial charge in [0.25, 0.3) is 5.91 Å². The van der Waals surface area contributed by atoms with Crippen LogP contribution in [0.25, 0.3) is 11.5 Å². The molecule has 0 atom stereocenters. The highest BCUT2D eigenvalue weighted by Gasteiger charge is 2.21. The van der Waals surface area contributed by atoms with Gasteiger partial charge in [-0.2, -0.15) is 0 Å². The Labute approximate surface area is 188 Å². The number of amides is 1. The summed E-state index contributed by atoms with van der Waals surface area (Å²) in [5, 5.41) is 8.71. The van der Waals surface area contributed by atoms with Crippen molar-refractivity contribution >= 4 is 17.5 Å². The summed E-state index contributed by atoms with van der Waals surface area (Å²) in [4.78, 5) is 14.6. The molecular weight excluding hydrogens is 414 g/mol. The molecule has 6 nitrogen and oxygen atoms in total. The average Bonchev–Trinajstić information content (AvgIpc) is 3.20. The zero-order valence-corrected chi connectivity index (χ0v) is 19.1. The highest BCUT2D eigenvalue weighted by molar-refractivity contribution is 6.33. The summed E-state index contributed by atoms with van der Waals surface area (Å²) in [5.74, 6) is 1.27. The van der Waals surface area contributed by atoms with E-state index in [1.54, 1.807) is 11.0 Å². The van der Waals surface area contributed by atoms with Crippen molar-refractivity contribution in [2.75, 3.05) is 13.2 Å². The van der Waals surface area contributed by atoms with Gasteiger partial charge in [-0.05, 0) is 35.6 Å². The van der Waals surface area contributed by atoms with Crippen molar-refractivity contribution in [2.45, 2.75) is 46.1 Å². The number of halogens is 1. The van der Waals surface area contributed by atoms with Crippen molar-refractivity contribution in [2.24, 2.45) is 0 Å². The number of ether oxygens (including phenoxy) is 1. The summed E-state index contributed by atoms with van der Waals surface area (Å²) in [5.41, 5.74) is 1.64. The predicted molar refractivity (Wildman–Crippen MR) is 121 cm³/mol. The first-order valence-corrected chi connectivity index (χ1v) is 10.7. The molecule has 0 unspecified atom stereocenters. The van der Waals surface area contributed by atoms with E-state index in [1.165, 1.54) is 0 Å². The van der Waals surface area contributed by atoms with Gasteiger partial charge in [0.1, 0.15) is 5.75 Å². The Morgan fingerprint density at radius 3 is 2.52 bits per heavy atom. The molecule has 2 aromatic carbocycles. The Balaban J connectivity index is 1.69. The molecule has 0 saturated heterocycles. The lowest BCUT2D eigenvalue weighted by molar-refractivity contribution is -0.134. The fourth-order valence-electron chi connectivity index (χ4n) is 3.23. The molecule has 0 bridgehead atoms. The van der Waals surface area contributed by atoms with Gasteiger partial charge in [0, 0.05) is 6.54 Å². The highest BCUT2D eigenvalue weighted by atomic mass is 35.5. The van der Waals surface area contributed by atoms with Gasteiger partial charge < -0.3 is 14.1 Å². The highest BCUT2D eigenvalue weighted by Crippen LogP contribution is 2.31. The van der Waals surface area contributed by atoms with Gasteiger partial charge in [0.2, 0.25) is 11.8 Å². The van der Waals surface area contributed by atoms with Crippen molar-refractivity contribution in [1.29, 1.82) is 0 Å². The van der Waals surface area contributed by atoms with Gasteiger partial charge in [0.15, 0.2) is 6.61 Å². The number of aromatic nitrogens is 2. The molecule has 164 valence electrons. The van der Waals surface area contributed by atoms with Crippen LogP contribution in [0.4, 0.5) is 0 Å². The quantitative estimate of drug-likeness (QED) is 0.461. The SMILES string of the molecule is CCCN(Cc1nnc(-c2ccccc2Cl)o1)C(=O)COc1ccccc1C(C)(C)C. The third-order valence-electron chi connectivity index (χ3n) is 4.79. The van der Waals surface area contributed by atoms with E-state index in [0.29, 0.717) is 28.9 Å². The Morgan fingerprint density at radius 2 is 1.81 bits per heavy atom. The van der Waals surface area contributed by atoms with E-state index in [-0.39, 0.29) is 24.5 Å².